The summed E-state index contributed by atoms with van der Waals surface area (Å²) >= 11 is 1.75. The maximum Gasteiger partial charge on any atom is 0.111 e. The molecule has 0 aliphatic carbocycles. The van der Waals surface area contributed by atoms with E-state index < -0.39 is 0 Å². The Bertz CT molecular complexity index is 350. The Morgan fingerprint density at radius 2 is 2.25 bits per heavy atom. The van der Waals surface area contributed by atoms with E-state index in [0.717, 1.165) is 19.6 Å². The van der Waals surface area contributed by atoms with Gasteiger partial charge in [-0.15, -0.1) is 11.3 Å². The monoisotopic (exact) mass is 240 g/mol. The van der Waals surface area contributed by atoms with E-state index in [4.69, 9.17) is 5.73 Å². The van der Waals surface area contributed by atoms with Gasteiger partial charge in [0.2, 0.25) is 0 Å². The van der Waals surface area contributed by atoms with Crippen LogP contribution in [0.1, 0.15) is 28.9 Å². The van der Waals surface area contributed by atoms with Gasteiger partial charge in [0.25, 0.3) is 0 Å². The van der Waals surface area contributed by atoms with E-state index in [1.54, 1.807) is 11.3 Å². The third-order valence-electron chi connectivity index (χ3n) is 3.13. The zero-order valence-electron chi connectivity index (χ0n) is 10.2. The molecule has 2 heterocycles. The molecule has 1 aliphatic heterocycles. The third kappa shape index (κ3) is 2.43. The molecule has 2 atom stereocenters. The maximum atomic E-state index is 5.86. The Balaban J connectivity index is 2.15. The highest BCUT2D eigenvalue weighted by molar-refractivity contribution is 7.11. The van der Waals surface area contributed by atoms with Gasteiger partial charge in [0.1, 0.15) is 5.01 Å². The largest absolute Gasteiger partial charge is 0.323 e. The summed E-state index contributed by atoms with van der Waals surface area (Å²) in [5.74, 6) is 0. The SMILES string of the molecule is CC(N)c1cnc(C2CN(C)CCN2C)s1. The molecule has 1 fully saturated rings. The first-order chi connectivity index (χ1) is 7.58. The van der Waals surface area contributed by atoms with E-state index in [1.165, 1.54) is 9.88 Å². The zero-order chi connectivity index (χ0) is 11.7. The molecule has 0 radical (unpaired) electrons. The number of hydrogen-bond acceptors (Lipinski definition) is 5. The van der Waals surface area contributed by atoms with Crippen molar-refractivity contribution in [3.8, 4) is 0 Å². The van der Waals surface area contributed by atoms with Crippen LogP contribution in [0.15, 0.2) is 6.20 Å². The van der Waals surface area contributed by atoms with Crippen LogP contribution in [-0.2, 0) is 0 Å². The molecule has 0 saturated carbocycles. The van der Waals surface area contributed by atoms with Crippen LogP contribution >= 0.6 is 11.3 Å². The average Bonchev–Trinajstić information content (AvgIpc) is 2.70. The molecule has 2 rings (SSSR count). The minimum Gasteiger partial charge on any atom is -0.323 e. The molecule has 1 aromatic heterocycles. The van der Waals surface area contributed by atoms with Crippen LogP contribution in [0.2, 0.25) is 0 Å². The third-order valence-corrected chi connectivity index (χ3v) is 4.43. The van der Waals surface area contributed by atoms with Gasteiger partial charge in [0.05, 0.1) is 6.04 Å². The van der Waals surface area contributed by atoms with Gasteiger partial charge < -0.3 is 10.6 Å². The summed E-state index contributed by atoms with van der Waals surface area (Å²) in [6.45, 7) is 5.31. The topological polar surface area (TPSA) is 45.4 Å². The summed E-state index contributed by atoms with van der Waals surface area (Å²) in [7, 11) is 4.34. The van der Waals surface area contributed by atoms with Gasteiger partial charge in [-0.05, 0) is 21.0 Å². The highest BCUT2D eigenvalue weighted by Gasteiger charge is 2.26. The van der Waals surface area contributed by atoms with E-state index in [0.29, 0.717) is 6.04 Å². The first kappa shape index (κ1) is 12.0. The van der Waals surface area contributed by atoms with Crippen LogP contribution in [0.4, 0.5) is 0 Å². The number of aromatic nitrogens is 1. The molecule has 16 heavy (non-hydrogen) atoms. The van der Waals surface area contributed by atoms with Crippen molar-refractivity contribution >= 4 is 11.3 Å². The van der Waals surface area contributed by atoms with E-state index in [1.807, 2.05) is 13.1 Å². The van der Waals surface area contributed by atoms with Crippen molar-refractivity contribution in [3.05, 3.63) is 16.1 Å². The van der Waals surface area contributed by atoms with Crippen molar-refractivity contribution in [3.63, 3.8) is 0 Å². The Labute approximate surface area is 101 Å². The van der Waals surface area contributed by atoms with Gasteiger partial charge in [-0.1, -0.05) is 0 Å². The van der Waals surface area contributed by atoms with Gasteiger partial charge in [0.15, 0.2) is 0 Å². The normalized spacial score (nSPS) is 25.9. The van der Waals surface area contributed by atoms with E-state index in [2.05, 4.69) is 28.9 Å². The molecule has 90 valence electrons. The predicted molar refractivity (Wildman–Crippen MR) is 67.6 cm³/mol. The van der Waals surface area contributed by atoms with E-state index in [9.17, 15) is 0 Å². The molecule has 1 aromatic rings. The molecule has 4 nitrogen and oxygen atoms in total. The molecule has 2 N–H and O–H groups in total. The second-order valence-corrected chi connectivity index (χ2v) is 5.74. The van der Waals surface area contributed by atoms with Crippen molar-refractivity contribution in [2.75, 3.05) is 33.7 Å². The standard InChI is InChI=1S/C11H20N4S/c1-8(12)10-6-13-11(16-10)9-7-14(2)4-5-15(9)3/h6,8-9H,4-5,7,12H2,1-3H3. The lowest BCUT2D eigenvalue weighted by Crippen LogP contribution is -2.44. The van der Waals surface area contributed by atoms with Gasteiger partial charge >= 0.3 is 0 Å². The van der Waals surface area contributed by atoms with Gasteiger partial charge in [-0.3, -0.25) is 4.90 Å². The minimum absolute atomic E-state index is 0.0953. The number of rotatable bonds is 2. The van der Waals surface area contributed by atoms with Crippen molar-refractivity contribution < 1.29 is 0 Å². The predicted octanol–water partition coefficient (Wildman–Crippen LogP) is 1.08. The first-order valence-electron chi connectivity index (χ1n) is 5.68. The van der Waals surface area contributed by atoms with Crippen molar-refractivity contribution in [1.29, 1.82) is 0 Å². The lowest BCUT2D eigenvalue weighted by molar-refractivity contribution is 0.115. The van der Waals surface area contributed by atoms with Crippen molar-refractivity contribution in [2.24, 2.45) is 5.73 Å². The number of hydrogen-bond donors (Lipinski definition) is 1. The molecule has 1 saturated heterocycles. The quantitative estimate of drug-likeness (QED) is 0.840. The summed E-state index contributed by atoms with van der Waals surface area (Å²) in [4.78, 5) is 10.4. The lowest BCUT2D eigenvalue weighted by Gasteiger charge is -2.36. The molecular formula is C11H20N4S. The molecule has 0 spiro atoms. The molecule has 0 aromatic carbocycles. The summed E-state index contributed by atoms with van der Waals surface area (Å²) in [6, 6.07) is 0.522. The smallest absolute Gasteiger partial charge is 0.111 e. The minimum atomic E-state index is 0.0953. The maximum absolute atomic E-state index is 5.86. The lowest BCUT2D eigenvalue weighted by atomic mass is 10.2. The van der Waals surface area contributed by atoms with Crippen LogP contribution in [0.3, 0.4) is 0 Å². The Morgan fingerprint density at radius 1 is 1.50 bits per heavy atom. The van der Waals surface area contributed by atoms with Crippen LogP contribution < -0.4 is 5.73 Å². The number of nitrogens with zero attached hydrogens (tertiary/aromatic N) is 3. The van der Waals surface area contributed by atoms with Gasteiger partial charge in [-0.25, -0.2) is 4.98 Å². The molecule has 0 amide bonds. The highest BCUT2D eigenvalue weighted by Crippen LogP contribution is 2.29. The van der Waals surface area contributed by atoms with Crippen LogP contribution in [0.5, 0.6) is 0 Å². The summed E-state index contributed by atoms with van der Waals surface area (Å²) in [5.41, 5.74) is 5.86. The molecule has 2 unspecified atom stereocenters. The van der Waals surface area contributed by atoms with Crippen molar-refractivity contribution in [1.82, 2.24) is 14.8 Å². The highest BCUT2D eigenvalue weighted by atomic mass is 32.1. The van der Waals surface area contributed by atoms with Crippen LogP contribution in [0, 0.1) is 0 Å². The van der Waals surface area contributed by atoms with Gasteiger partial charge in [-0.2, -0.15) is 0 Å². The Morgan fingerprint density at radius 3 is 2.88 bits per heavy atom. The van der Waals surface area contributed by atoms with Crippen LogP contribution in [0.25, 0.3) is 0 Å². The number of thiazole rings is 1. The Kier molecular flexibility index (Phi) is 3.59. The fourth-order valence-corrected chi connectivity index (χ4v) is 2.97. The summed E-state index contributed by atoms with van der Waals surface area (Å²) in [6.07, 6.45) is 1.92. The molecule has 1 aliphatic rings. The number of likely N-dealkylation sites (N-methyl/N-ethyl adjacent to an activating group) is 2. The second-order valence-electron chi connectivity index (χ2n) is 4.65. The molecule has 0 bridgehead atoms. The first-order valence-corrected chi connectivity index (χ1v) is 6.49. The summed E-state index contributed by atoms with van der Waals surface area (Å²) < 4.78 is 0. The molecular weight excluding hydrogens is 220 g/mol. The summed E-state index contributed by atoms with van der Waals surface area (Å²) in [5, 5.41) is 1.20. The van der Waals surface area contributed by atoms with Crippen LogP contribution in [-0.4, -0.2) is 48.5 Å². The zero-order valence-corrected chi connectivity index (χ0v) is 11.0. The molecule has 5 heteroatoms. The fraction of sp³-hybridized carbons (Fsp3) is 0.727. The number of nitrogens with two attached hydrogens (primary N) is 1. The fourth-order valence-electron chi connectivity index (χ4n) is 1.94. The Hall–Kier alpha value is -0.490. The average molecular weight is 240 g/mol. The second kappa shape index (κ2) is 4.79. The van der Waals surface area contributed by atoms with E-state index in [-0.39, 0.29) is 6.04 Å². The van der Waals surface area contributed by atoms with Gasteiger partial charge in [0, 0.05) is 36.8 Å². The number of piperazine rings is 1. The van der Waals surface area contributed by atoms with Crippen molar-refractivity contribution in [2.45, 2.75) is 19.0 Å². The van der Waals surface area contributed by atoms with E-state index >= 15 is 0 Å².